The number of aliphatic hydroxyl groups is 1. The predicted octanol–water partition coefficient (Wildman–Crippen LogP) is 3.53. The molecule has 9 heteroatoms. The normalized spacial score (nSPS) is 19.9. The van der Waals surface area contributed by atoms with Crippen LogP contribution in [0.1, 0.15) is 24.3 Å². The molecule has 0 spiro atoms. The molecule has 0 radical (unpaired) electrons. The van der Waals surface area contributed by atoms with Gasteiger partial charge in [0.25, 0.3) is 0 Å². The monoisotopic (exact) mass is 467 g/mol. The summed E-state index contributed by atoms with van der Waals surface area (Å²) in [5.74, 6) is 1.95. The Morgan fingerprint density at radius 1 is 1.15 bits per heavy atom. The van der Waals surface area contributed by atoms with Crippen LogP contribution < -0.4 is 20.1 Å². The van der Waals surface area contributed by atoms with Gasteiger partial charge in [0.15, 0.2) is 5.76 Å². The first-order valence-corrected chi connectivity index (χ1v) is 11.2. The van der Waals surface area contributed by atoms with Crippen LogP contribution in [0, 0.1) is 0 Å². The molecule has 0 bridgehead atoms. The fourth-order valence-electron chi connectivity index (χ4n) is 3.81. The Balaban J connectivity index is 1.24. The van der Waals surface area contributed by atoms with Crippen molar-refractivity contribution in [2.75, 3.05) is 19.0 Å². The quantitative estimate of drug-likeness (QED) is 0.441. The van der Waals surface area contributed by atoms with Gasteiger partial charge in [0.2, 0.25) is 0 Å². The number of rotatable bonds is 9. The summed E-state index contributed by atoms with van der Waals surface area (Å²) in [6.45, 7) is 0.461. The average molecular weight is 468 g/mol. The number of nitrogens with one attached hydrogen (secondary N) is 2. The molecular formula is C25H29N3O6. The molecule has 1 aliphatic heterocycles. The number of ether oxygens (including phenoxy) is 3. The zero-order chi connectivity index (χ0) is 23.8. The summed E-state index contributed by atoms with van der Waals surface area (Å²) in [4.78, 5) is 12.3. The van der Waals surface area contributed by atoms with Crippen LogP contribution in [0.3, 0.4) is 0 Å². The van der Waals surface area contributed by atoms with Gasteiger partial charge in [-0.15, -0.1) is 0 Å². The molecule has 0 aliphatic carbocycles. The Kier molecular flexibility index (Phi) is 8.00. The number of benzene rings is 2. The smallest absolute Gasteiger partial charge is 0.319 e. The molecule has 180 valence electrons. The van der Waals surface area contributed by atoms with E-state index in [0.717, 1.165) is 11.4 Å². The van der Waals surface area contributed by atoms with Gasteiger partial charge >= 0.3 is 6.03 Å². The lowest BCUT2D eigenvalue weighted by atomic mass is 9.98. The summed E-state index contributed by atoms with van der Waals surface area (Å²) < 4.78 is 22.4. The highest BCUT2D eigenvalue weighted by atomic mass is 16.5. The molecule has 1 fully saturated rings. The lowest BCUT2D eigenvalue weighted by Crippen LogP contribution is -2.47. The zero-order valence-electron chi connectivity index (χ0n) is 19.0. The number of hydrogen-bond donors (Lipinski definition) is 3. The molecule has 3 atom stereocenters. The van der Waals surface area contributed by atoms with Crippen LogP contribution in [-0.2, 0) is 17.8 Å². The standard InChI is InChI=1S/C25H29N3O6/c1-31-23-10-6-5-9-21(23)27-25(30)26-15-24-22(29)12-11-19(33-24)13-17-14-20(34-28-17)16-32-18-7-3-2-4-8-18/h2-10,14,19,22,24,29H,11-13,15-16H2,1H3,(H2,26,27,30)/t19-,22-,24+/m0/s1. The fraction of sp³-hybridized carbons (Fsp3) is 0.360. The molecule has 9 nitrogen and oxygen atoms in total. The van der Waals surface area contributed by atoms with Crippen LogP contribution >= 0.6 is 0 Å². The molecule has 1 aliphatic rings. The van der Waals surface area contributed by atoms with Crippen molar-refractivity contribution >= 4 is 11.7 Å². The number of methoxy groups -OCH3 is 1. The van der Waals surface area contributed by atoms with Crippen LogP contribution in [0.4, 0.5) is 10.5 Å². The van der Waals surface area contributed by atoms with Crippen molar-refractivity contribution in [2.45, 2.75) is 44.2 Å². The highest BCUT2D eigenvalue weighted by Gasteiger charge is 2.31. The van der Waals surface area contributed by atoms with Crippen LogP contribution in [0.15, 0.2) is 65.2 Å². The maximum Gasteiger partial charge on any atom is 0.319 e. The summed E-state index contributed by atoms with van der Waals surface area (Å²) >= 11 is 0. The third kappa shape index (κ3) is 6.49. The fourth-order valence-corrected chi connectivity index (χ4v) is 3.81. The molecule has 2 amide bonds. The third-order valence-corrected chi connectivity index (χ3v) is 5.57. The molecule has 1 saturated heterocycles. The van der Waals surface area contributed by atoms with E-state index in [9.17, 15) is 9.90 Å². The van der Waals surface area contributed by atoms with E-state index in [2.05, 4.69) is 15.8 Å². The predicted molar refractivity (Wildman–Crippen MR) is 125 cm³/mol. The van der Waals surface area contributed by atoms with Gasteiger partial charge in [-0.05, 0) is 37.1 Å². The van der Waals surface area contributed by atoms with Crippen molar-refractivity contribution in [2.24, 2.45) is 0 Å². The number of hydrogen-bond acceptors (Lipinski definition) is 7. The van der Waals surface area contributed by atoms with Gasteiger partial charge < -0.3 is 34.5 Å². The van der Waals surface area contributed by atoms with Crippen molar-refractivity contribution in [1.82, 2.24) is 10.5 Å². The molecule has 1 aromatic heterocycles. The van der Waals surface area contributed by atoms with Crippen molar-refractivity contribution < 1.29 is 28.6 Å². The first-order chi connectivity index (χ1) is 16.6. The molecule has 34 heavy (non-hydrogen) atoms. The first-order valence-electron chi connectivity index (χ1n) is 11.2. The van der Waals surface area contributed by atoms with Crippen molar-refractivity contribution in [3.8, 4) is 11.5 Å². The van der Waals surface area contributed by atoms with Crippen LogP contribution in [0.2, 0.25) is 0 Å². The van der Waals surface area contributed by atoms with Gasteiger partial charge in [-0.3, -0.25) is 0 Å². The van der Waals surface area contributed by atoms with E-state index in [1.54, 1.807) is 25.3 Å². The minimum absolute atomic E-state index is 0.138. The molecular weight excluding hydrogens is 438 g/mol. The number of amides is 2. The molecule has 3 aromatic rings. The number of anilines is 1. The van der Waals surface area contributed by atoms with E-state index in [4.69, 9.17) is 18.7 Å². The highest BCUT2D eigenvalue weighted by molar-refractivity contribution is 5.90. The SMILES string of the molecule is COc1ccccc1NC(=O)NC[C@H]1O[C@H](Cc2cc(COc3ccccc3)on2)CC[C@@H]1O. The number of para-hydroxylation sites is 3. The summed E-state index contributed by atoms with van der Waals surface area (Å²) in [6.07, 6.45) is 0.497. The number of aromatic nitrogens is 1. The van der Waals surface area contributed by atoms with Crippen LogP contribution in [-0.4, -0.2) is 48.3 Å². The first kappa shape index (κ1) is 23.6. The number of aliphatic hydroxyl groups excluding tert-OH is 1. The Morgan fingerprint density at radius 3 is 2.76 bits per heavy atom. The van der Waals surface area contributed by atoms with E-state index in [1.165, 1.54) is 0 Å². The number of urea groups is 1. The van der Waals surface area contributed by atoms with E-state index < -0.39 is 18.2 Å². The maximum absolute atomic E-state index is 12.3. The summed E-state index contributed by atoms with van der Waals surface area (Å²) in [7, 11) is 1.54. The Morgan fingerprint density at radius 2 is 1.94 bits per heavy atom. The van der Waals surface area contributed by atoms with E-state index in [0.29, 0.717) is 36.5 Å². The van der Waals surface area contributed by atoms with Gasteiger partial charge in [0.05, 0.1) is 30.7 Å². The van der Waals surface area contributed by atoms with Crippen molar-refractivity contribution in [3.05, 3.63) is 72.1 Å². The van der Waals surface area contributed by atoms with Gasteiger partial charge in [-0.25, -0.2) is 4.79 Å². The van der Waals surface area contributed by atoms with Crippen LogP contribution in [0.25, 0.3) is 0 Å². The van der Waals surface area contributed by atoms with E-state index in [1.807, 2.05) is 42.5 Å². The third-order valence-electron chi connectivity index (χ3n) is 5.57. The average Bonchev–Trinajstić information content (AvgIpc) is 3.31. The van der Waals surface area contributed by atoms with Crippen molar-refractivity contribution in [1.29, 1.82) is 0 Å². The Labute approximate surface area is 198 Å². The number of carbonyl (C=O) groups excluding carboxylic acids is 1. The van der Waals surface area contributed by atoms with E-state index >= 15 is 0 Å². The molecule has 2 aromatic carbocycles. The molecule has 0 saturated carbocycles. The van der Waals surface area contributed by atoms with Gasteiger partial charge in [0, 0.05) is 19.0 Å². The number of carbonyl (C=O) groups is 1. The zero-order valence-corrected chi connectivity index (χ0v) is 19.0. The molecule has 2 heterocycles. The largest absolute Gasteiger partial charge is 0.495 e. The van der Waals surface area contributed by atoms with Gasteiger partial charge in [-0.1, -0.05) is 35.5 Å². The second-order valence-electron chi connectivity index (χ2n) is 8.07. The maximum atomic E-state index is 12.3. The minimum atomic E-state index is -0.657. The number of nitrogens with zero attached hydrogens (tertiary/aromatic N) is 1. The van der Waals surface area contributed by atoms with Gasteiger partial charge in [-0.2, -0.15) is 0 Å². The summed E-state index contributed by atoms with van der Waals surface area (Å²) in [5, 5.41) is 20.0. The second kappa shape index (κ2) is 11.5. The summed E-state index contributed by atoms with van der Waals surface area (Å²) in [6, 6.07) is 18.1. The Bertz CT molecular complexity index is 1060. The molecule has 4 rings (SSSR count). The van der Waals surface area contributed by atoms with E-state index in [-0.39, 0.29) is 19.3 Å². The van der Waals surface area contributed by atoms with Gasteiger partial charge in [0.1, 0.15) is 24.2 Å². The minimum Gasteiger partial charge on any atom is -0.495 e. The van der Waals surface area contributed by atoms with Crippen LogP contribution in [0.5, 0.6) is 11.5 Å². The Hall–Kier alpha value is -3.56. The molecule has 3 N–H and O–H groups in total. The summed E-state index contributed by atoms with van der Waals surface area (Å²) in [5.41, 5.74) is 1.32. The highest BCUT2D eigenvalue weighted by Crippen LogP contribution is 2.24. The lowest BCUT2D eigenvalue weighted by molar-refractivity contribution is -0.113. The lowest BCUT2D eigenvalue weighted by Gasteiger charge is -2.33. The van der Waals surface area contributed by atoms with Crippen molar-refractivity contribution in [3.63, 3.8) is 0 Å². The second-order valence-corrected chi connectivity index (χ2v) is 8.07. The topological polar surface area (TPSA) is 115 Å². The molecule has 0 unspecified atom stereocenters.